The molecule has 0 spiro atoms. The number of nitrogens with one attached hydrogen (secondary N) is 1. The highest BCUT2D eigenvalue weighted by Crippen LogP contribution is 2.24. The summed E-state index contributed by atoms with van der Waals surface area (Å²) >= 11 is 0. The Kier molecular flexibility index (Phi) is 4.26. The van der Waals surface area contributed by atoms with E-state index in [-0.39, 0.29) is 17.2 Å². The maximum Gasteiger partial charge on any atom is 0.157 e. The molecule has 2 aromatic carbocycles. The number of hydrogen-bond donors (Lipinski definition) is 4. The lowest BCUT2D eigenvalue weighted by Crippen LogP contribution is -2.16. The molecule has 0 radical (unpaired) electrons. The average molecular weight is 259 g/mol. The molecule has 0 bridgehead atoms. The Morgan fingerprint density at radius 2 is 1.47 bits per heavy atom. The molecule has 0 aliphatic heterocycles. The van der Waals surface area contributed by atoms with Crippen molar-refractivity contribution >= 4 is 0 Å². The summed E-state index contributed by atoms with van der Waals surface area (Å²) < 4.78 is 0. The Hall–Kier alpha value is -2.20. The van der Waals surface area contributed by atoms with Gasteiger partial charge in [0.05, 0.1) is 0 Å². The van der Waals surface area contributed by atoms with Gasteiger partial charge in [0.15, 0.2) is 11.5 Å². The van der Waals surface area contributed by atoms with E-state index >= 15 is 0 Å². The van der Waals surface area contributed by atoms with Crippen molar-refractivity contribution in [3.05, 3.63) is 53.6 Å². The first-order valence-electron chi connectivity index (χ1n) is 6.14. The standard InChI is InChI=1S/C15H17NO3/c17-13-4-1-11(2-5-13)7-8-16-10-12-3-6-14(18)15(19)9-12/h1-6,9,16-19H,7-8,10H2. The van der Waals surface area contributed by atoms with Crippen molar-refractivity contribution in [3.8, 4) is 17.2 Å². The Morgan fingerprint density at radius 1 is 0.789 bits per heavy atom. The van der Waals surface area contributed by atoms with E-state index in [4.69, 9.17) is 5.11 Å². The van der Waals surface area contributed by atoms with Gasteiger partial charge in [-0.3, -0.25) is 0 Å². The molecule has 4 N–H and O–H groups in total. The normalized spacial score (nSPS) is 10.5. The molecular weight excluding hydrogens is 242 g/mol. The number of benzene rings is 2. The van der Waals surface area contributed by atoms with Crippen LogP contribution in [0.1, 0.15) is 11.1 Å². The van der Waals surface area contributed by atoms with Crippen molar-refractivity contribution in [2.75, 3.05) is 6.54 Å². The van der Waals surface area contributed by atoms with Gasteiger partial charge in [-0.15, -0.1) is 0 Å². The van der Waals surface area contributed by atoms with Crippen molar-refractivity contribution in [1.82, 2.24) is 5.32 Å². The summed E-state index contributed by atoms with van der Waals surface area (Å²) in [4.78, 5) is 0. The first-order chi connectivity index (χ1) is 9.15. The molecule has 0 saturated carbocycles. The zero-order valence-corrected chi connectivity index (χ0v) is 10.5. The molecule has 100 valence electrons. The lowest BCUT2D eigenvalue weighted by atomic mass is 10.1. The second kappa shape index (κ2) is 6.11. The van der Waals surface area contributed by atoms with Crippen molar-refractivity contribution in [2.45, 2.75) is 13.0 Å². The Bertz CT molecular complexity index is 538. The van der Waals surface area contributed by atoms with Crippen LogP contribution in [0.25, 0.3) is 0 Å². The van der Waals surface area contributed by atoms with Crippen LogP contribution in [0.2, 0.25) is 0 Å². The molecule has 0 amide bonds. The van der Waals surface area contributed by atoms with Crippen LogP contribution in [0, 0.1) is 0 Å². The second-order valence-electron chi connectivity index (χ2n) is 4.42. The van der Waals surface area contributed by atoms with Crippen LogP contribution in [0.3, 0.4) is 0 Å². The molecule has 0 aliphatic carbocycles. The number of phenolic OH excluding ortho intramolecular Hbond substituents is 3. The number of aromatic hydroxyl groups is 3. The first kappa shape index (κ1) is 13.2. The van der Waals surface area contributed by atoms with Crippen LogP contribution in [0.4, 0.5) is 0 Å². The van der Waals surface area contributed by atoms with Crippen LogP contribution >= 0.6 is 0 Å². The zero-order chi connectivity index (χ0) is 13.7. The van der Waals surface area contributed by atoms with Crippen LogP contribution in [-0.2, 0) is 13.0 Å². The van der Waals surface area contributed by atoms with Crippen LogP contribution in [0.15, 0.2) is 42.5 Å². The fourth-order valence-corrected chi connectivity index (χ4v) is 1.81. The van der Waals surface area contributed by atoms with E-state index in [0.717, 1.165) is 24.1 Å². The minimum Gasteiger partial charge on any atom is -0.508 e. The fraction of sp³-hybridized carbons (Fsp3) is 0.200. The minimum atomic E-state index is -0.104. The van der Waals surface area contributed by atoms with E-state index < -0.39 is 0 Å². The third-order valence-electron chi connectivity index (χ3n) is 2.90. The molecule has 0 atom stereocenters. The number of phenols is 3. The number of rotatable bonds is 5. The molecule has 0 fully saturated rings. The van der Waals surface area contributed by atoms with E-state index in [9.17, 15) is 10.2 Å². The summed E-state index contributed by atoms with van der Waals surface area (Å²) in [7, 11) is 0. The molecule has 4 nitrogen and oxygen atoms in total. The topological polar surface area (TPSA) is 72.7 Å². The summed E-state index contributed by atoms with van der Waals surface area (Å²) in [6.07, 6.45) is 0.865. The molecular formula is C15H17NO3. The summed E-state index contributed by atoms with van der Waals surface area (Å²) in [6, 6.07) is 11.9. The SMILES string of the molecule is Oc1ccc(CCNCc2ccc(O)c(O)c2)cc1. The molecule has 0 aromatic heterocycles. The van der Waals surface area contributed by atoms with Gasteiger partial charge in [-0.05, 0) is 48.4 Å². The fourth-order valence-electron chi connectivity index (χ4n) is 1.81. The predicted molar refractivity (Wildman–Crippen MR) is 73.3 cm³/mol. The van der Waals surface area contributed by atoms with Gasteiger partial charge >= 0.3 is 0 Å². The summed E-state index contributed by atoms with van der Waals surface area (Å²) in [5.41, 5.74) is 2.07. The maximum absolute atomic E-state index is 9.36. The van der Waals surface area contributed by atoms with E-state index in [1.165, 1.54) is 6.07 Å². The highest BCUT2D eigenvalue weighted by Gasteiger charge is 2.00. The lowest BCUT2D eigenvalue weighted by molar-refractivity contribution is 0.403. The molecule has 0 heterocycles. The van der Waals surface area contributed by atoms with E-state index in [2.05, 4.69) is 5.32 Å². The van der Waals surface area contributed by atoms with E-state index in [1.54, 1.807) is 24.3 Å². The molecule has 2 aromatic rings. The third-order valence-corrected chi connectivity index (χ3v) is 2.90. The molecule has 2 rings (SSSR count). The molecule has 0 aliphatic rings. The summed E-state index contributed by atoms with van der Waals surface area (Å²) in [5.74, 6) is 0.0713. The smallest absolute Gasteiger partial charge is 0.157 e. The highest BCUT2D eigenvalue weighted by molar-refractivity contribution is 5.40. The van der Waals surface area contributed by atoms with Crippen LogP contribution in [0.5, 0.6) is 17.2 Å². The number of hydrogen-bond acceptors (Lipinski definition) is 4. The lowest BCUT2D eigenvalue weighted by Gasteiger charge is -2.06. The summed E-state index contributed by atoms with van der Waals surface area (Å²) in [5, 5.41) is 31.0. The van der Waals surface area contributed by atoms with Crippen molar-refractivity contribution < 1.29 is 15.3 Å². The highest BCUT2D eigenvalue weighted by atomic mass is 16.3. The predicted octanol–water partition coefficient (Wildman–Crippen LogP) is 2.14. The monoisotopic (exact) mass is 259 g/mol. The van der Waals surface area contributed by atoms with E-state index in [1.807, 2.05) is 12.1 Å². The van der Waals surface area contributed by atoms with Crippen molar-refractivity contribution in [3.63, 3.8) is 0 Å². The Morgan fingerprint density at radius 3 is 2.16 bits per heavy atom. The van der Waals surface area contributed by atoms with Gasteiger partial charge in [-0.2, -0.15) is 0 Å². The van der Waals surface area contributed by atoms with Crippen molar-refractivity contribution in [2.24, 2.45) is 0 Å². The van der Waals surface area contributed by atoms with Gasteiger partial charge in [0.1, 0.15) is 5.75 Å². The van der Waals surface area contributed by atoms with Gasteiger partial charge in [0.25, 0.3) is 0 Å². The Balaban J connectivity index is 1.77. The maximum atomic E-state index is 9.36. The zero-order valence-electron chi connectivity index (χ0n) is 10.5. The Labute approximate surface area is 112 Å². The summed E-state index contributed by atoms with van der Waals surface area (Å²) in [6.45, 7) is 1.43. The first-order valence-corrected chi connectivity index (χ1v) is 6.14. The minimum absolute atomic E-state index is 0.0992. The van der Waals surface area contributed by atoms with Gasteiger partial charge < -0.3 is 20.6 Å². The van der Waals surface area contributed by atoms with Crippen molar-refractivity contribution in [1.29, 1.82) is 0 Å². The van der Waals surface area contributed by atoms with E-state index in [0.29, 0.717) is 6.54 Å². The molecule has 19 heavy (non-hydrogen) atoms. The largest absolute Gasteiger partial charge is 0.508 e. The van der Waals surface area contributed by atoms with Gasteiger partial charge in [0, 0.05) is 6.54 Å². The molecule has 0 saturated heterocycles. The van der Waals surface area contributed by atoms with Gasteiger partial charge in [0.2, 0.25) is 0 Å². The second-order valence-corrected chi connectivity index (χ2v) is 4.42. The average Bonchev–Trinajstić information content (AvgIpc) is 2.41. The molecule has 0 unspecified atom stereocenters. The van der Waals surface area contributed by atoms with Gasteiger partial charge in [-0.25, -0.2) is 0 Å². The van der Waals surface area contributed by atoms with Gasteiger partial charge in [-0.1, -0.05) is 18.2 Å². The van der Waals surface area contributed by atoms with Crippen LogP contribution in [-0.4, -0.2) is 21.9 Å². The quantitative estimate of drug-likeness (QED) is 0.490. The third kappa shape index (κ3) is 3.89. The van der Waals surface area contributed by atoms with Crippen LogP contribution < -0.4 is 5.32 Å². The molecule has 4 heteroatoms.